The largest absolute Gasteiger partial charge is 1.00 e. The summed E-state index contributed by atoms with van der Waals surface area (Å²) in [6.07, 6.45) is 9.31. The molecule has 5 atom stereocenters. The van der Waals surface area contributed by atoms with Crippen molar-refractivity contribution in [3.63, 3.8) is 0 Å². The summed E-state index contributed by atoms with van der Waals surface area (Å²) in [6.45, 7) is 2.47. The first-order valence-electron chi connectivity index (χ1n) is 12.7. The summed E-state index contributed by atoms with van der Waals surface area (Å²) in [5, 5.41) is 27.2. The van der Waals surface area contributed by atoms with E-state index in [1.54, 1.807) is 0 Å². The Labute approximate surface area is 242 Å². The molecule has 3 heterocycles. The maximum Gasteiger partial charge on any atom is 1.00 e. The van der Waals surface area contributed by atoms with Gasteiger partial charge in [0.2, 0.25) is 0 Å². The number of rotatable bonds is 9. The number of hydrogen-bond donors (Lipinski definition) is 3. The number of aliphatic hydroxyl groups is 3. The van der Waals surface area contributed by atoms with Gasteiger partial charge in [0, 0.05) is 47.5 Å². The Balaban J connectivity index is 0. The SMILES string of the molecule is OC1CC[C@@H](CC#CCOC2CCCCO2)O1.OCCC[C@H](O)CC#CCOC1CCCCO1.[B].[H-].[Na+]. The number of aliphatic hydroxyl groups excluding tert-OH is 3. The Morgan fingerprint density at radius 1 is 0.861 bits per heavy atom. The van der Waals surface area contributed by atoms with Crippen LogP contribution in [0.4, 0.5) is 0 Å². The van der Waals surface area contributed by atoms with Crippen LogP contribution in [0.3, 0.4) is 0 Å². The zero-order valence-electron chi connectivity index (χ0n) is 22.9. The van der Waals surface area contributed by atoms with E-state index in [-0.39, 0.29) is 64.7 Å². The molecule has 0 aromatic heterocycles. The van der Waals surface area contributed by atoms with Gasteiger partial charge >= 0.3 is 29.6 Å². The van der Waals surface area contributed by atoms with Crippen LogP contribution in [0.15, 0.2) is 0 Å². The standard InChI is InChI=1S/C13H20O4.C13H22O4.B.Na.H/c14-12-8-7-11(17-12)5-1-3-9-15-13-6-2-4-10-16-13;14-9-5-7-12(15)6-1-3-10-16-13-8-2-4-11-17-13;;;/h11-14H,2,4-10H2;12-15H,2,4-11H2;;;/q;;;+1;-1/t11-,12?,13?;12-,13?;;;/m11.../s1. The number of ether oxygens (including phenoxy) is 5. The average molecular weight is 517 g/mol. The van der Waals surface area contributed by atoms with Crippen molar-refractivity contribution in [2.24, 2.45) is 0 Å². The molecule has 3 aliphatic heterocycles. The van der Waals surface area contributed by atoms with Gasteiger partial charge < -0.3 is 40.4 Å². The van der Waals surface area contributed by atoms with Gasteiger partial charge in [0.05, 0.1) is 12.2 Å². The van der Waals surface area contributed by atoms with Gasteiger partial charge in [0.1, 0.15) is 13.2 Å². The minimum Gasteiger partial charge on any atom is -1.00 e. The normalized spacial score (nSPS) is 25.9. The third-order valence-electron chi connectivity index (χ3n) is 5.66. The van der Waals surface area contributed by atoms with E-state index in [2.05, 4.69) is 23.7 Å². The molecule has 0 saturated carbocycles. The van der Waals surface area contributed by atoms with Gasteiger partial charge in [-0.05, 0) is 57.8 Å². The summed E-state index contributed by atoms with van der Waals surface area (Å²) in [4.78, 5) is 0. The molecular weight excluding hydrogens is 474 g/mol. The van der Waals surface area contributed by atoms with Crippen LogP contribution < -0.4 is 29.6 Å². The van der Waals surface area contributed by atoms with Gasteiger partial charge in [-0.15, -0.1) is 0 Å². The van der Waals surface area contributed by atoms with Crippen LogP contribution >= 0.6 is 0 Å². The first-order valence-corrected chi connectivity index (χ1v) is 12.7. The molecule has 0 spiro atoms. The molecule has 3 fully saturated rings. The van der Waals surface area contributed by atoms with Crippen molar-refractivity contribution >= 4 is 8.41 Å². The van der Waals surface area contributed by atoms with Crippen molar-refractivity contribution in [1.82, 2.24) is 0 Å². The molecule has 0 bridgehead atoms. The predicted molar refractivity (Wildman–Crippen MR) is 133 cm³/mol. The second kappa shape index (κ2) is 23.9. The van der Waals surface area contributed by atoms with Crippen LogP contribution in [0, 0.1) is 23.7 Å². The summed E-state index contributed by atoms with van der Waals surface area (Å²) in [5.74, 6) is 11.7. The van der Waals surface area contributed by atoms with Gasteiger partial charge in [0.25, 0.3) is 0 Å². The van der Waals surface area contributed by atoms with Crippen molar-refractivity contribution in [2.45, 2.75) is 108 Å². The zero-order chi connectivity index (χ0) is 24.3. The summed E-state index contributed by atoms with van der Waals surface area (Å²) in [6, 6.07) is 0. The monoisotopic (exact) mass is 517 g/mol. The quantitative estimate of drug-likeness (QED) is 0.270. The maximum atomic E-state index is 9.45. The molecule has 0 aliphatic carbocycles. The first-order chi connectivity index (χ1) is 16.7. The molecule has 8 nitrogen and oxygen atoms in total. The molecule has 3 radical (unpaired) electrons. The molecule has 10 heteroatoms. The fraction of sp³-hybridized carbons (Fsp3) is 0.846. The molecule has 199 valence electrons. The molecule has 3 aliphatic rings. The van der Waals surface area contributed by atoms with Gasteiger partial charge in [-0.25, -0.2) is 0 Å². The molecule has 36 heavy (non-hydrogen) atoms. The van der Waals surface area contributed by atoms with Crippen LogP contribution in [-0.2, 0) is 23.7 Å². The van der Waals surface area contributed by atoms with Gasteiger partial charge in [-0.2, -0.15) is 0 Å². The summed E-state index contributed by atoms with van der Waals surface area (Å²) >= 11 is 0. The zero-order valence-corrected chi connectivity index (χ0v) is 23.9. The van der Waals surface area contributed by atoms with Gasteiger partial charge in [-0.3, -0.25) is 0 Å². The van der Waals surface area contributed by atoms with Crippen LogP contribution in [0.1, 0.15) is 78.5 Å². The van der Waals surface area contributed by atoms with E-state index in [4.69, 9.17) is 33.9 Å². The molecule has 0 amide bonds. The molecular formula is C26H43BNaO8. The third kappa shape index (κ3) is 18.2. The minimum absolute atomic E-state index is 0. The van der Waals surface area contributed by atoms with Gasteiger partial charge in [-0.1, -0.05) is 23.7 Å². The van der Waals surface area contributed by atoms with E-state index < -0.39 is 12.4 Å². The molecule has 3 unspecified atom stereocenters. The summed E-state index contributed by atoms with van der Waals surface area (Å²) in [7, 11) is 0. The molecule has 0 aromatic carbocycles. The molecule has 3 N–H and O–H groups in total. The maximum absolute atomic E-state index is 9.45. The average Bonchev–Trinajstić information content (AvgIpc) is 3.29. The fourth-order valence-electron chi connectivity index (χ4n) is 3.70. The Morgan fingerprint density at radius 3 is 1.97 bits per heavy atom. The van der Waals surface area contributed by atoms with E-state index in [1.165, 1.54) is 6.42 Å². The van der Waals surface area contributed by atoms with E-state index in [0.717, 1.165) is 58.2 Å². The Morgan fingerprint density at radius 2 is 1.47 bits per heavy atom. The van der Waals surface area contributed by atoms with Crippen LogP contribution in [0.2, 0.25) is 0 Å². The second-order valence-electron chi connectivity index (χ2n) is 8.64. The molecule has 3 saturated heterocycles. The Hall–Kier alpha value is -0.135. The third-order valence-corrected chi connectivity index (χ3v) is 5.66. The van der Waals surface area contributed by atoms with Crippen molar-refractivity contribution in [2.75, 3.05) is 33.0 Å². The summed E-state index contributed by atoms with van der Waals surface area (Å²) < 4.78 is 27.0. The van der Waals surface area contributed by atoms with Crippen molar-refractivity contribution in [1.29, 1.82) is 0 Å². The van der Waals surface area contributed by atoms with E-state index in [0.29, 0.717) is 38.9 Å². The predicted octanol–water partition coefficient (Wildman–Crippen LogP) is -0.787. The number of hydrogen-bond acceptors (Lipinski definition) is 8. The topological polar surface area (TPSA) is 107 Å². The Bertz CT molecular complexity index is 642. The smallest absolute Gasteiger partial charge is 1.00 e. The van der Waals surface area contributed by atoms with Crippen molar-refractivity contribution < 1.29 is 70.0 Å². The van der Waals surface area contributed by atoms with Crippen molar-refractivity contribution in [3.05, 3.63) is 0 Å². The van der Waals surface area contributed by atoms with Crippen LogP contribution in [0.25, 0.3) is 0 Å². The van der Waals surface area contributed by atoms with E-state index >= 15 is 0 Å². The second-order valence-corrected chi connectivity index (χ2v) is 8.64. The minimum atomic E-state index is -0.589. The summed E-state index contributed by atoms with van der Waals surface area (Å²) in [5.41, 5.74) is 0. The van der Waals surface area contributed by atoms with Crippen molar-refractivity contribution in [3.8, 4) is 23.7 Å². The first kappa shape index (κ1) is 35.9. The molecule has 0 aromatic rings. The van der Waals surface area contributed by atoms with E-state index in [9.17, 15) is 5.11 Å². The van der Waals surface area contributed by atoms with Crippen LogP contribution in [0.5, 0.6) is 0 Å². The fourth-order valence-corrected chi connectivity index (χ4v) is 3.70. The van der Waals surface area contributed by atoms with Crippen LogP contribution in [-0.4, -0.2) is 87.8 Å². The van der Waals surface area contributed by atoms with Gasteiger partial charge in [0.15, 0.2) is 18.9 Å². The van der Waals surface area contributed by atoms with E-state index in [1.807, 2.05) is 0 Å². The molecule has 3 rings (SSSR count). The Kier molecular flexibility index (Phi) is 23.9.